The number of halogens is 3. The minimum Gasteiger partial charge on any atom is -0.405 e. The number of rotatable bonds is 4. The van der Waals surface area contributed by atoms with Crippen LogP contribution in [0.1, 0.15) is 16.7 Å². The maximum absolute atomic E-state index is 12.4. The molecule has 2 aromatic carbocycles. The number of carbonyl (C=O) groups is 1. The third kappa shape index (κ3) is 5.49. The molecule has 0 atom stereocenters. The van der Waals surface area contributed by atoms with Crippen LogP contribution in [-0.2, 0) is 6.54 Å². The van der Waals surface area contributed by atoms with Gasteiger partial charge in [0, 0.05) is 17.8 Å². The van der Waals surface area contributed by atoms with Crippen LogP contribution in [0.15, 0.2) is 42.5 Å². The lowest BCUT2D eigenvalue weighted by atomic mass is 10.1. The van der Waals surface area contributed by atoms with E-state index in [2.05, 4.69) is 15.4 Å². The fourth-order valence-electron chi connectivity index (χ4n) is 2.27. The van der Waals surface area contributed by atoms with Gasteiger partial charge in [-0.05, 0) is 43.2 Å². The molecular weight excluding hydrogens is 321 g/mol. The summed E-state index contributed by atoms with van der Waals surface area (Å²) in [6, 6.07) is 10.7. The van der Waals surface area contributed by atoms with Gasteiger partial charge in [-0.15, -0.1) is 13.2 Å². The molecule has 2 aromatic rings. The lowest BCUT2D eigenvalue weighted by Gasteiger charge is -2.14. The molecule has 2 N–H and O–H groups in total. The number of aryl methyl sites for hydroxylation is 2. The number of benzene rings is 2. The molecule has 0 aliphatic rings. The molecule has 0 heterocycles. The highest BCUT2D eigenvalue weighted by atomic mass is 19.4. The van der Waals surface area contributed by atoms with Crippen LogP contribution in [0.25, 0.3) is 0 Å². The summed E-state index contributed by atoms with van der Waals surface area (Å²) in [5.74, 6) is -0.336. The summed E-state index contributed by atoms with van der Waals surface area (Å²) in [7, 11) is 0. The van der Waals surface area contributed by atoms with Crippen molar-refractivity contribution in [1.29, 1.82) is 0 Å². The lowest BCUT2D eigenvalue weighted by molar-refractivity contribution is -0.274. The minimum atomic E-state index is -4.78. The average Bonchev–Trinajstić information content (AvgIpc) is 2.43. The molecule has 0 bridgehead atoms. The van der Waals surface area contributed by atoms with Crippen molar-refractivity contribution < 1.29 is 22.7 Å². The van der Waals surface area contributed by atoms with E-state index in [9.17, 15) is 18.0 Å². The van der Waals surface area contributed by atoms with Gasteiger partial charge in [0.05, 0.1) is 0 Å². The van der Waals surface area contributed by atoms with Gasteiger partial charge in [0.2, 0.25) is 0 Å². The highest BCUT2D eigenvalue weighted by Crippen LogP contribution is 2.26. The number of amides is 2. The Labute approximate surface area is 137 Å². The Kier molecular flexibility index (Phi) is 5.33. The number of anilines is 1. The molecular formula is C17H17F3N2O2. The van der Waals surface area contributed by atoms with Crippen LogP contribution >= 0.6 is 0 Å². The first-order valence-electron chi connectivity index (χ1n) is 7.20. The summed E-state index contributed by atoms with van der Waals surface area (Å²) in [6.45, 7) is 3.71. The summed E-state index contributed by atoms with van der Waals surface area (Å²) in [5.41, 5.74) is 2.83. The Morgan fingerprint density at radius 3 is 2.33 bits per heavy atom. The molecule has 0 aliphatic carbocycles. The van der Waals surface area contributed by atoms with E-state index in [-0.39, 0.29) is 17.9 Å². The highest BCUT2D eigenvalue weighted by Gasteiger charge is 2.31. The Morgan fingerprint density at radius 1 is 1.08 bits per heavy atom. The summed E-state index contributed by atoms with van der Waals surface area (Å²) in [6.07, 6.45) is -4.78. The average molecular weight is 338 g/mol. The monoisotopic (exact) mass is 338 g/mol. The van der Waals surface area contributed by atoms with Crippen LogP contribution in [0.4, 0.5) is 23.7 Å². The van der Waals surface area contributed by atoms with Gasteiger partial charge in [-0.25, -0.2) is 4.79 Å². The number of hydrogen-bond acceptors (Lipinski definition) is 2. The van der Waals surface area contributed by atoms with Gasteiger partial charge >= 0.3 is 12.4 Å². The van der Waals surface area contributed by atoms with E-state index in [4.69, 9.17) is 0 Å². The minimum absolute atomic E-state index is 0.0944. The van der Waals surface area contributed by atoms with Crippen LogP contribution in [0.3, 0.4) is 0 Å². The van der Waals surface area contributed by atoms with E-state index < -0.39 is 12.4 Å². The predicted molar refractivity (Wildman–Crippen MR) is 84.9 cm³/mol. The Balaban J connectivity index is 1.99. The highest BCUT2D eigenvalue weighted by molar-refractivity contribution is 5.89. The fraction of sp³-hybridized carbons (Fsp3) is 0.235. The zero-order chi connectivity index (χ0) is 17.7. The second-order valence-electron chi connectivity index (χ2n) is 5.34. The van der Waals surface area contributed by atoms with Gasteiger partial charge in [0.25, 0.3) is 0 Å². The topological polar surface area (TPSA) is 50.4 Å². The molecule has 4 nitrogen and oxygen atoms in total. The van der Waals surface area contributed by atoms with Crippen LogP contribution in [-0.4, -0.2) is 12.4 Å². The maximum atomic E-state index is 12.4. The molecule has 7 heteroatoms. The van der Waals surface area contributed by atoms with Gasteiger partial charge in [-0.1, -0.05) is 24.3 Å². The summed E-state index contributed by atoms with van der Waals surface area (Å²) in [5, 5.41) is 5.16. The molecule has 128 valence electrons. The van der Waals surface area contributed by atoms with E-state index in [1.165, 1.54) is 18.2 Å². The van der Waals surface area contributed by atoms with Crippen LogP contribution in [0, 0.1) is 13.8 Å². The van der Waals surface area contributed by atoms with Crippen LogP contribution < -0.4 is 15.4 Å². The summed E-state index contributed by atoms with van der Waals surface area (Å²) >= 11 is 0. The SMILES string of the molecule is Cc1cc(C)cc(NC(=O)NCc2ccccc2OC(F)(F)F)c1. The van der Waals surface area contributed by atoms with Crippen LogP contribution in [0.5, 0.6) is 5.75 Å². The molecule has 0 spiro atoms. The first kappa shape index (κ1) is 17.7. The largest absolute Gasteiger partial charge is 0.573 e. The first-order valence-corrected chi connectivity index (χ1v) is 7.20. The van der Waals surface area contributed by atoms with Crippen molar-refractivity contribution in [3.05, 3.63) is 59.2 Å². The molecule has 0 unspecified atom stereocenters. The van der Waals surface area contributed by atoms with Crippen molar-refractivity contribution in [2.24, 2.45) is 0 Å². The van der Waals surface area contributed by atoms with E-state index >= 15 is 0 Å². The molecule has 0 saturated carbocycles. The van der Waals surface area contributed by atoms with Crippen molar-refractivity contribution in [3.63, 3.8) is 0 Å². The van der Waals surface area contributed by atoms with E-state index in [1.54, 1.807) is 18.2 Å². The van der Waals surface area contributed by atoms with Gasteiger partial charge in [-0.3, -0.25) is 0 Å². The molecule has 2 rings (SSSR count). The predicted octanol–water partition coefficient (Wildman–Crippen LogP) is 4.52. The lowest BCUT2D eigenvalue weighted by Crippen LogP contribution is -2.28. The van der Waals surface area contributed by atoms with Crippen molar-refractivity contribution in [1.82, 2.24) is 5.32 Å². The van der Waals surface area contributed by atoms with Crippen molar-refractivity contribution in [3.8, 4) is 5.75 Å². The fourth-order valence-corrected chi connectivity index (χ4v) is 2.27. The van der Waals surface area contributed by atoms with E-state index in [0.717, 1.165) is 11.1 Å². The van der Waals surface area contributed by atoms with Crippen molar-refractivity contribution in [2.75, 3.05) is 5.32 Å². The third-order valence-electron chi connectivity index (χ3n) is 3.12. The van der Waals surface area contributed by atoms with Gasteiger partial charge in [-0.2, -0.15) is 0 Å². The maximum Gasteiger partial charge on any atom is 0.573 e. The number of para-hydroxylation sites is 1. The van der Waals surface area contributed by atoms with Gasteiger partial charge in [0.1, 0.15) is 5.75 Å². The molecule has 0 fully saturated rings. The Hall–Kier alpha value is -2.70. The molecule has 2 amide bonds. The molecule has 0 saturated heterocycles. The van der Waals surface area contributed by atoms with Gasteiger partial charge in [0.15, 0.2) is 0 Å². The number of nitrogens with one attached hydrogen (secondary N) is 2. The summed E-state index contributed by atoms with van der Waals surface area (Å²) < 4.78 is 41.0. The smallest absolute Gasteiger partial charge is 0.405 e. The molecule has 24 heavy (non-hydrogen) atoms. The zero-order valence-electron chi connectivity index (χ0n) is 13.2. The van der Waals surface area contributed by atoms with E-state index in [1.807, 2.05) is 19.9 Å². The number of carbonyl (C=O) groups excluding carboxylic acids is 1. The standard InChI is InChI=1S/C17H17F3N2O2/c1-11-7-12(2)9-14(8-11)22-16(23)21-10-13-5-3-4-6-15(13)24-17(18,19)20/h3-9H,10H2,1-2H3,(H2,21,22,23). The first-order chi connectivity index (χ1) is 11.2. The number of urea groups is 1. The van der Waals surface area contributed by atoms with Crippen LogP contribution in [0.2, 0.25) is 0 Å². The number of alkyl halides is 3. The quantitative estimate of drug-likeness (QED) is 0.861. The molecule has 0 aromatic heterocycles. The number of hydrogen-bond donors (Lipinski definition) is 2. The molecule has 0 radical (unpaired) electrons. The van der Waals surface area contributed by atoms with Crippen molar-refractivity contribution in [2.45, 2.75) is 26.8 Å². The molecule has 0 aliphatic heterocycles. The van der Waals surface area contributed by atoms with E-state index in [0.29, 0.717) is 5.69 Å². The Bertz CT molecular complexity index is 710. The number of ether oxygens (including phenoxy) is 1. The normalized spacial score (nSPS) is 11.0. The second kappa shape index (κ2) is 7.25. The zero-order valence-corrected chi connectivity index (χ0v) is 13.2. The van der Waals surface area contributed by atoms with Crippen molar-refractivity contribution >= 4 is 11.7 Å². The third-order valence-corrected chi connectivity index (χ3v) is 3.12. The van der Waals surface area contributed by atoms with Gasteiger partial charge < -0.3 is 15.4 Å². The summed E-state index contributed by atoms with van der Waals surface area (Å²) in [4.78, 5) is 11.9. The second-order valence-corrected chi connectivity index (χ2v) is 5.34. The Morgan fingerprint density at radius 2 is 1.71 bits per heavy atom.